The lowest BCUT2D eigenvalue weighted by Gasteiger charge is -2.25. The molecule has 7 heteroatoms. The van der Waals surface area contributed by atoms with E-state index in [2.05, 4.69) is 35.8 Å². The van der Waals surface area contributed by atoms with Gasteiger partial charge in [0.15, 0.2) is 23.0 Å². The summed E-state index contributed by atoms with van der Waals surface area (Å²) in [6.45, 7) is 4.03. The lowest BCUT2D eigenvalue weighted by atomic mass is 9.95. The molecule has 30 heavy (non-hydrogen) atoms. The van der Waals surface area contributed by atoms with Crippen molar-refractivity contribution in [3.8, 4) is 34.3 Å². The van der Waals surface area contributed by atoms with Crippen molar-refractivity contribution in [2.45, 2.75) is 26.3 Å². The summed E-state index contributed by atoms with van der Waals surface area (Å²) >= 11 is 0. The van der Waals surface area contributed by atoms with Gasteiger partial charge >= 0.3 is 0 Å². The molecule has 0 fully saturated rings. The number of hydrogen-bond acceptors (Lipinski definition) is 5. The largest absolute Gasteiger partial charge is 0.493 e. The SMILES string of the molecule is CCCN=c1c2c(OC)c(OC)ccc2cc2n1CCc1cc3c(cc1-2)OCO3.Cl. The first-order valence-corrected chi connectivity index (χ1v) is 9.97. The monoisotopic (exact) mass is 428 g/mol. The number of aromatic nitrogens is 1. The summed E-state index contributed by atoms with van der Waals surface area (Å²) in [7, 11) is 3.35. The fraction of sp³-hybridized carbons (Fsp3) is 0.348. The van der Waals surface area contributed by atoms with E-state index in [4.69, 9.17) is 23.9 Å². The summed E-state index contributed by atoms with van der Waals surface area (Å²) in [4.78, 5) is 4.97. The van der Waals surface area contributed by atoms with E-state index in [-0.39, 0.29) is 19.2 Å². The summed E-state index contributed by atoms with van der Waals surface area (Å²) in [5.41, 5.74) is 4.53. The first-order chi connectivity index (χ1) is 14.2. The molecule has 0 spiro atoms. The quantitative estimate of drug-likeness (QED) is 0.620. The van der Waals surface area contributed by atoms with Crippen LogP contribution in [0.3, 0.4) is 0 Å². The second-order valence-electron chi connectivity index (χ2n) is 7.26. The fourth-order valence-electron chi connectivity index (χ4n) is 4.26. The number of ether oxygens (including phenoxy) is 4. The Balaban J connectivity index is 0.00000218. The number of methoxy groups -OCH3 is 2. The fourth-order valence-corrected chi connectivity index (χ4v) is 4.26. The van der Waals surface area contributed by atoms with Gasteiger partial charge in [0.2, 0.25) is 6.79 Å². The van der Waals surface area contributed by atoms with E-state index in [9.17, 15) is 0 Å². The molecule has 0 radical (unpaired) electrons. The van der Waals surface area contributed by atoms with Gasteiger partial charge in [-0.15, -0.1) is 12.4 Å². The number of aryl methyl sites for hydroxylation is 1. The molecule has 0 unspecified atom stereocenters. The molecule has 3 aromatic rings. The Morgan fingerprint density at radius 3 is 2.60 bits per heavy atom. The molecule has 0 aliphatic carbocycles. The molecule has 158 valence electrons. The van der Waals surface area contributed by atoms with Crippen LogP contribution < -0.4 is 24.4 Å². The number of halogens is 1. The molecule has 0 N–H and O–H groups in total. The van der Waals surface area contributed by atoms with Crippen molar-refractivity contribution in [3.05, 3.63) is 41.4 Å². The van der Waals surface area contributed by atoms with Crippen molar-refractivity contribution in [3.63, 3.8) is 0 Å². The first kappa shape index (κ1) is 20.4. The Bertz CT molecular complexity index is 1190. The molecule has 0 bridgehead atoms. The third-order valence-electron chi connectivity index (χ3n) is 5.60. The van der Waals surface area contributed by atoms with Crippen molar-refractivity contribution < 1.29 is 18.9 Å². The van der Waals surface area contributed by atoms with Crippen LogP contribution in [0.2, 0.25) is 0 Å². The summed E-state index contributed by atoms with van der Waals surface area (Å²) in [5.74, 6) is 3.08. The molecule has 3 heterocycles. The summed E-state index contributed by atoms with van der Waals surface area (Å²) in [5, 5.41) is 2.07. The Kier molecular flexibility index (Phi) is 5.52. The van der Waals surface area contributed by atoms with Crippen molar-refractivity contribution in [1.29, 1.82) is 0 Å². The smallest absolute Gasteiger partial charge is 0.231 e. The van der Waals surface area contributed by atoms with Gasteiger partial charge < -0.3 is 23.5 Å². The van der Waals surface area contributed by atoms with E-state index >= 15 is 0 Å². The van der Waals surface area contributed by atoms with Gasteiger partial charge in [-0.25, -0.2) is 0 Å². The summed E-state index contributed by atoms with van der Waals surface area (Å²) in [6.07, 6.45) is 1.89. The van der Waals surface area contributed by atoms with Crippen molar-refractivity contribution in [2.24, 2.45) is 4.99 Å². The number of benzene rings is 2. The van der Waals surface area contributed by atoms with Crippen LogP contribution in [-0.2, 0) is 13.0 Å². The Labute approximate surface area is 181 Å². The third-order valence-corrected chi connectivity index (χ3v) is 5.60. The molecule has 2 aromatic carbocycles. The molecule has 0 saturated carbocycles. The highest BCUT2D eigenvalue weighted by molar-refractivity contribution is 5.93. The van der Waals surface area contributed by atoms with Gasteiger partial charge in [0.25, 0.3) is 0 Å². The number of rotatable bonds is 4. The maximum atomic E-state index is 5.76. The number of pyridine rings is 1. The number of fused-ring (bicyclic) bond motifs is 5. The third kappa shape index (κ3) is 3.06. The molecular formula is C23H25ClN2O4. The standard InChI is InChI=1S/C23H24N2O4.ClH/c1-4-8-24-23-21-15(5-6-18(26-2)22(21)27-3)10-17-16-12-20-19(28-13-29-20)11-14(16)7-9-25(17)23;/h5-6,10-12H,4,7-9,13H2,1-3H3;1H. The van der Waals surface area contributed by atoms with E-state index in [1.807, 2.05) is 6.07 Å². The van der Waals surface area contributed by atoms with Crippen LogP contribution in [0.5, 0.6) is 23.0 Å². The van der Waals surface area contributed by atoms with Crippen LogP contribution in [0.1, 0.15) is 18.9 Å². The summed E-state index contributed by atoms with van der Waals surface area (Å²) < 4.78 is 24.8. The minimum absolute atomic E-state index is 0. The van der Waals surface area contributed by atoms with Gasteiger partial charge in [0.1, 0.15) is 5.49 Å². The predicted molar refractivity (Wildman–Crippen MR) is 118 cm³/mol. The van der Waals surface area contributed by atoms with Crippen molar-refractivity contribution in [2.75, 3.05) is 27.6 Å². The average molecular weight is 429 g/mol. The van der Waals surface area contributed by atoms with Gasteiger partial charge in [-0.3, -0.25) is 4.99 Å². The zero-order valence-corrected chi connectivity index (χ0v) is 18.2. The van der Waals surface area contributed by atoms with Crippen LogP contribution in [0.4, 0.5) is 0 Å². The Morgan fingerprint density at radius 2 is 1.87 bits per heavy atom. The van der Waals surface area contributed by atoms with Crippen LogP contribution in [0, 0.1) is 0 Å². The highest BCUT2D eigenvalue weighted by Crippen LogP contribution is 2.42. The first-order valence-electron chi connectivity index (χ1n) is 9.97. The highest BCUT2D eigenvalue weighted by atomic mass is 35.5. The molecule has 6 nitrogen and oxygen atoms in total. The summed E-state index contributed by atoms with van der Waals surface area (Å²) in [6, 6.07) is 10.4. The van der Waals surface area contributed by atoms with Gasteiger partial charge in [0, 0.05) is 18.7 Å². The molecule has 0 saturated heterocycles. The molecule has 0 amide bonds. The average Bonchev–Trinajstić information content (AvgIpc) is 3.21. The van der Waals surface area contributed by atoms with Crippen molar-refractivity contribution >= 4 is 23.2 Å². The number of nitrogens with zero attached hydrogens (tertiary/aromatic N) is 2. The van der Waals surface area contributed by atoms with E-state index in [0.29, 0.717) is 5.75 Å². The van der Waals surface area contributed by atoms with Crippen LogP contribution in [-0.4, -0.2) is 32.1 Å². The van der Waals surface area contributed by atoms with E-state index < -0.39 is 0 Å². The lowest BCUT2D eigenvalue weighted by Crippen LogP contribution is -2.28. The van der Waals surface area contributed by atoms with Gasteiger partial charge in [-0.2, -0.15) is 0 Å². The molecule has 1 aromatic heterocycles. The molecule has 2 aliphatic heterocycles. The molecule has 5 rings (SSSR count). The topological polar surface area (TPSA) is 54.2 Å². The second kappa shape index (κ2) is 8.11. The zero-order chi connectivity index (χ0) is 20.0. The zero-order valence-electron chi connectivity index (χ0n) is 17.4. The van der Waals surface area contributed by atoms with E-state index in [1.165, 1.54) is 11.1 Å². The predicted octanol–water partition coefficient (Wildman–Crippen LogP) is 4.34. The van der Waals surface area contributed by atoms with Gasteiger partial charge in [-0.05, 0) is 48.1 Å². The maximum Gasteiger partial charge on any atom is 0.231 e. The Hall–Kier alpha value is -2.86. The minimum Gasteiger partial charge on any atom is -0.493 e. The van der Waals surface area contributed by atoms with Gasteiger partial charge in [-0.1, -0.05) is 13.0 Å². The van der Waals surface area contributed by atoms with Gasteiger partial charge in [0.05, 0.1) is 25.3 Å². The minimum atomic E-state index is 0. The van der Waals surface area contributed by atoms with Crippen LogP contribution in [0.25, 0.3) is 22.0 Å². The lowest BCUT2D eigenvalue weighted by molar-refractivity contribution is 0.174. The normalized spacial score (nSPS) is 14.2. The van der Waals surface area contributed by atoms with Crippen LogP contribution >= 0.6 is 12.4 Å². The molecule has 2 aliphatic rings. The second-order valence-corrected chi connectivity index (χ2v) is 7.26. The van der Waals surface area contributed by atoms with E-state index in [0.717, 1.165) is 65.1 Å². The van der Waals surface area contributed by atoms with Crippen molar-refractivity contribution in [1.82, 2.24) is 4.57 Å². The maximum absolute atomic E-state index is 5.76. The van der Waals surface area contributed by atoms with E-state index in [1.54, 1.807) is 14.2 Å². The van der Waals surface area contributed by atoms with Crippen LogP contribution in [0.15, 0.2) is 35.3 Å². The highest BCUT2D eigenvalue weighted by Gasteiger charge is 2.24. The molecule has 0 atom stereocenters. The number of hydrogen-bond donors (Lipinski definition) is 0. The molecular weight excluding hydrogens is 404 g/mol. The Morgan fingerprint density at radius 1 is 1.07 bits per heavy atom.